The third-order valence-electron chi connectivity index (χ3n) is 3.82. The standard InChI is InChI=1S/C20H14INO/c1-13-11-16(15-9-5-6-10-17(15)21)19-18(12-13)22-20(23-19)14-7-3-2-4-8-14/h2-12H,1H3. The molecule has 0 fully saturated rings. The minimum Gasteiger partial charge on any atom is -0.435 e. The van der Waals surface area contributed by atoms with E-state index in [2.05, 4.69) is 59.8 Å². The second kappa shape index (κ2) is 5.81. The van der Waals surface area contributed by atoms with Gasteiger partial charge in [0.25, 0.3) is 0 Å². The summed E-state index contributed by atoms with van der Waals surface area (Å²) in [6.45, 7) is 2.09. The third-order valence-corrected chi connectivity index (χ3v) is 4.76. The Labute approximate surface area is 148 Å². The molecule has 0 aliphatic heterocycles. The lowest BCUT2D eigenvalue weighted by molar-refractivity contribution is 0.620. The molecule has 4 rings (SSSR count). The average molecular weight is 411 g/mol. The number of benzene rings is 3. The predicted octanol–water partition coefficient (Wildman–Crippen LogP) is 6.07. The molecule has 3 heteroatoms. The molecule has 0 saturated carbocycles. The highest BCUT2D eigenvalue weighted by Gasteiger charge is 2.15. The Balaban J connectivity index is 1.99. The van der Waals surface area contributed by atoms with Crippen LogP contribution < -0.4 is 0 Å². The molecule has 0 amide bonds. The molecule has 0 spiro atoms. The molecule has 1 aromatic heterocycles. The van der Waals surface area contributed by atoms with Crippen LogP contribution in [-0.4, -0.2) is 4.98 Å². The van der Waals surface area contributed by atoms with E-state index in [-0.39, 0.29) is 0 Å². The van der Waals surface area contributed by atoms with Crippen molar-refractivity contribution >= 4 is 33.7 Å². The molecule has 0 saturated heterocycles. The number of oxazole rings is 1. The number of halogens is 1. The molecular formula is C20H14INO. The Morgan fingerprint density at radius 1 is 0.870 bits per heavy atom. The van der Waals surface area contributed by atoms with Gasteiger partial charge in [-0.1, -0.05) is 36.4 Å². The van der Waals surface area contributed by atoms with Crippen molar-refractivity contribution in [3.63, 3.8) is 0 Å². The van der Waals surface area contributed by atoms with E-state index in [1.165, 1.54) is 14.7 Å². The Bertz CT molecular complexity index is 989. The zero-order valence-electron chi connectivity index (χ0n) is 12.6. The summed E-state index contributed by atoms with van der Waals surface area (Å²) in [6.07, 6.45) is 0. The molecule has 0 N–H and O–H groups in total. The molecule has 112 valence electrons. The van der Waals surface area contributed by atoms with Gasteiger partial charge in [0.05, 0.1) is 0 Å². The quantitative estimate of drug-likeness (QED) is 0.374. The maximum Gasteiger partial charge on any atom is 0.227 e. The summed E-state index contributed by atoms with van der Waals surface area (Å²) in [5.41, 5.74) is 6.20. The lowest BCUT2D eigenvalue weighted by atomic mass is 10.0. The molecule has 0 atom stereocenters. The minimum atomic E-state index is 0.665. The van der Waals surface area contributed by atoms with E-state index in [9.17, 15) is 0 Å². The normalized spacial score (nSPS) is 11.0. The zero-order valence-corrected chi connectivity index (χ0v) is 14.7. The number of hydrogen-bond acceptors (Lipinski definition) is 2. The number of aryl methyl sites for hydroxylation is 1. The lowest BCUT2D eigenvalue weighted by Gasteiger charge is -2.06. The van der Waals surface area contributed by atoms with E-state index in [1.807, 2.05) is 36.4 Å². The van der Waals surface area contributed by atoms with Crippen molar-refractivity contribution in [1.82, 2.24) is 4.98 Å². The molecular weight excluding hydrogens is 397 g/mol. The van der Waals surface area contributed by atoms with Gasteiger partial charge in [0.2, 0.25) is 5.89 Å². The Hall–Kier alpha value is -2.14. The topological polar surface area (TPSA) is 26.0 Å². The third kappa shape index (κ3) is 2.65. The Morgan fingerprint density at radius 3 is 2.39 bits per heavy atom. The number of hydrogen-bond donors (Lipinski definition) is 0. The van der Waals surface area contributed by atoms with E-state index >= 15 is 0 Å². The minimum absolute atomic E-state index is 0.665. The SMILES string of the molecule is Cc1cc(-c2ccccc2I)c2oc(-c3ccccc3)nc2c1. The smallest absolute Gasteiger partial charge is 0.227 e. The molecule has 23 heavy (non-hydrogen) atoms. The summed E-state index contributed by atoms with van der Waals surface area (Å²) >= 11 is 2.36. The number of rotatable bonds is 2. The van der Waals surface area contributed by atoms with Crippen molar-refractivity contribution < 1.29 is 4.42 Å². The van der Waals surface area contributed by atoms with E-state index < -0.39 is 0 Å². The molecule has 1 heterocycles. The number of fused-ring (bicyclic) bond motifs is 1. The first kappa shape index (κ1) is 14.5. The van der Waals surface area contributed by atoms with Crippen LogP contribution in [0.25, 0.3) is 33.7 Å². The van der Waals surface area contributed by atoms with Gasteiger partial charge in [-0.25, -0.2) is 4.98 Å². The summed E-state index contributed by atoms with van der Waals surface area (Å²) in [7, 11) is 0. The van der Waals surface area contributed by atoms with Crippen LogP contribution in [0.4, 0.5) is 0 Å². The zero-order chi connectivity index (χ0) is 15.8. The van der Waals surface area contributed by atoms with Gasteiger partial charge in [0.15, 0.2) is 5.58 Å². The first-order valence-electron chi connectivity index (χ1n) is 7.44. The van der Waals surface area contributed by atoms with E-state index in [1.54, 1.807) is 0 Å². The van der Waals surface area contributed by atoms with Crippen molar-refractivity contribution in [3.8, 4) is 22.6 Å². The first-order chi connectivity index (χ1) is 11.2. The second-order valence-corrected chi connectivity index (χ2v) is 6.69. The van der Waals surface area contributed by atoms with Crippen LogP contribution in [0, 0.1) is 10.5 Å². The van der Waals surface area contributed by atoms with Crippen molar-refractivity contribution in [1.29, 1.82) is 0 Å². The van der Waals surface area contributed by atoms with E-state index in [4.69, 9.17) is 9.40 Å². The van der Waals surface area contributed by atoms with Gasteiger partial charge < -0.3 is 4.42 Å². The van der Waals surface area contributed by atoms with Crippen molar-refractivity contribution in [2.24, 2.45) is 0 Å². The molecule has 0 unspecified atom stereocenters. The highest BCUT2D eigenvalue weighted by Crippen LogP contribution is 2.35. The van der Waals surface area contributed by atoms with Gasteiger partial charge in [-0.05, 0) is 71.0 Å². The lowest BCUT2D eigenvalue weighted by Crippen LogP contribution is -1.85. The van der Waals surface area contributed by atoms with Crippen LogP contribution in [-0.2, 0) is 0 Å². The van der Waals surface area contributed by atoms with Crippen LogP contribution in [0.1, 0.15) is 5.56 Å². The van der Waals surface area contributed by atoms with Crippen LogP contribution in [0.3, 0.4) is 0 Å². The molecule has 3 aromatic carbocycles. The van der Waals surface area contributed by atoms with Gasteiger partial charge in [-0.3, -0.25) is 0 Å². The average Bonchev–Trinajstić information content (AvgIpc) is 2.99. The van der Waals surface area contributed by atoms with Crippen molar-refractivity contribution in [3.05, 3.63) is 75.9 Å². The fraction of sp³-hybridized carbons (Fsp3) is 0.0500. The predicted molar refractivity (Wildman–Crippen MR) is 102 cm³/mol. The van der Waals surface area contributed by atoms with Gasteiger partial charge >= 0.3 is 0 Å². The van der Waals surface area contributed by atoms with Crippen LogP contribution in [0.15, 0.2) is 71.1 Å². The molecule has 0 bridgehead atoms. The van der Waals surface area contributed by atoms with E-state index in [0.29, 0.717) is 5.89 Å². The van der Waals surface area contributed by atoms with E-state index in [0.717, 1.165) is 22.2 Å². The number of aromatic nitrogens is 1. The monoisotopic (exact) mass is 411 g/mol. The number of nitrogens with zero attached hydrogens (tertiary/aromatic N) is 1. The Morgan fingerprint density at radius 2 is 1.61 bits per heavy atom. The Kier molecular flexibility index (Phi) is 3.65. The summed E-state index contributed by atoms with van der Waals surface area (Å²) in [5, 5.41) is 0. The molecule has 2 nitrogen and oxygen atoms in total. The maximum absolute atomic E-state index is 6.14. The van der Waals surface area contributed by atoms with Crippen LogP contribution in [0.2, 0.25) is 0 Å². The summed E-state index contributed by atoms with van der Waals surface area (Å²) in [5.74, 6) is 0.665. The van der Waals surface area contributed by atoms with Gasteiger partial charge in [0, 0.05) is 14.7 Å². The second-order valence-electron chi connectivity index (χ2n) is 5.53. The molecule has 0 aliphatic carbocycles. The van der Waals surface area contributed by atoms with Crippen LogP contribution in [0.5, 0.6) is 0 Å². The summed E-state index contributed by atoms with van der Waals surface area (Å²) in [4.78, 5) is 4.69. The van der Waals surface area contributed by atoms with Gasteiger partial charge in [-0.15, -0.1) is 0 Å². The highest BCUT2D eigenvalue weighted by atomic mass is 127. The van der Waals surface area contributed by atoms with Gasteiger partial charge in [0.1, 0.15) is 5.52 Å². The highest BCUT2D eigenvalue weighted by molar-refractivity contribution is 14.1. The molecule has 0 aliphatic rings. The van der Waals surface area contributed by atoms with Crippen molar-refractivity contribution in [2.75, 3.05) is 0 Å². The summed E-state index contributed by atoms with van der Waals surface area (Å²) in [6, 6.07) is 22.6. The van der Waals surface area contributed by atoms with Crippen LogP contribution >= 0.6 is 22.6 Å². The summed E-state index contributed by atoms with van der Waals surface area (Å²) < 4.78 is 7.34. The van der Waals surface area contributed by atoms with Gasteiger partial charge in [-0.2, -0.15) is 0 Å². The molecule has 0 radical (unpaired) electrons. The first-order valence-corrected chi connectivity index (χ1v) is 8.52. The fourth-order valence-corrected chi connectivity index (χ4v) is 3.44. The fourth-order valence-electron chi connectivity index (χ4n) is 2.76. The molecule has 4 aromatic rings. The van der Waals surface area contributed by atoms with Crippen molar-refractivity contribution in [2.45, 2.75) is 6.92 Å². The largest absolute Gasteiger partial charge is 0.435 e. The maximum atomic E-state index is 6.14.